The van der Waals surface area contributed by atoms with E-state index in [2.05, 4.69) is 9.97 Å². The molecule has 0 saturated heterocycles. The number of ether oxygens (including phenoxy) is 1. The van der Waals surface area contributed by atoms with Crippen molar-refractivity contribution in [3.05, 3.63) is 41.6 Å². The van der Waals surface area contributed by atoms with E-state index in [0.29, 0.717) is 12.1 Å². The number of hydrogen-bond donors (Lipinski definition) is 2. The van der Waals surface area contributed by atoms with Crippen LogP contribution in [0.2, 0.25) is 0 Å². The molecule has 5 nitrogen and oxygen atoms in total. The zero-order valence-electron chi connectivity index (χ0n) is 10.1. The van der Waals surface area contributed by atoms with Gasteiger partial charge in [0, 0.05) is 12.1 Å². The fraction of sp³-hybridized carbons (Fsp3) is 0.0909. The Morgan fingerprint density at radius 1 is 1.10 bits per heavy atom. The van der Waals surface area contributed by atoms with Crippen LogP contribution < -0.4 is 16.0 Å². The molecule has 1 aromatic heterocycles. The number of nitrogens with zero attached hydrogens (tertiary/aromatic N) is 2. The lowest BCUT2D eigenvalue weighted by molar-refractivity contribution is -0.141. The summed E-state index contributed by atoms with van der Waals surface area (Å²) in [6.45, 7) is 0. The number of nitrogens with one attached hydrogen (secondary N) is 1. The second-order valence-corrected chi connectivity index (χ2v) is 3.73. The third-order valence-corrected chi connectivity index (χ3v) is 2.23. The van der Waals surface area contributed by atoms with Crippen molar-refractivity contribution in [3.63, 3.8) is 0 Å². The number of halogens is 5. The summed E-state index contributed by atoms with van der Waals surface area (Å²) in [5.41, 5.74) is 0.503. The van der Waals surface area contributed by atoms with Gasteiger partial charge in [0.05, 0.1) is 0 Å². The summed E-state index contributed by atoms with van der Waals surface area (Å²) < 4.78 is 68.8. The summed E-state index contributed by atoms with van der Waals surface area (Å²) in [5.74, 6) is 1.34. The van der Waals surface area contributed by atoms with Gasteiger partial charge in [-0.15, -0.1) is 0 Å². The highest BCUT2D eigenvalue weighted by Crippen LogP contribution is 2.32. The van der Waals surface area contributed by atoms with Gasteiger partial charge in [0.2, 0.25) is 11.8 Å². The first-order chi connectivity index (χ1) is 9.79. The van der Waals surface area contributed by atoms with Gasteiger partial charge >= 0.3 is 6.18 Å². The Morgan fingerprint density at radius 2 is 1.81 bits per heavy atom. The minimum absolute atomic E-state index is 0.462. The quantitative estimate of drug-likeness (QED) is 0.518. The molecule has 0 aliphatic rings. The number of alkyl halides is 3. The maximum absolute atomic E-state index is 13.4. The van der Waals surface area contributed by atoms with E-state index in [9.17, 15) is 22.0 Å². The number of rotatable bonds is 3. The van der Waals surface area contributed by atoms with Crippen molar-refractivity contribution in [1.82, 2.24) is 9.97 Å². The summed E-state index contributed by atoms with van der Waals surface area (Å²) in [7, 11) is 0. The number of anilines is 1. The molecule has 2 rings (SSSR count). The summed E-state index contributed by atoms with van der Waals surface area (Å²) in [6, 6.07) is 2.77. The summed E-state index contributed by atoms with van der Waals surface area (Å²) in [6.07, 6.45) is -4.77. The number of nitrogens with two attached hydrogens (primary N) is 1. The van der Waals surface area contributed by atoms with Gasteiger partial charge in [-0.2, -0.15) is 18.2 Å². The third-order valence-electron chi connectivity index (χ3n) is 2.23. The molecule has 0 aliphatic carbocycles. The summed E-state index contributed by atoms with van der Waals surface area (Å²) >= 11 is 0. The van der Waals surface area contributed by atoms with Crippen LogP contribution in [0.1, 0.15) is 5.69 Å². The first kappa shape index (κ1) is 14.9. The Balaban J connectivity index is 2.39. The maximum Gasteiger partial charge on any atom is 0.433 e. The Kier molecular flexibility index (Phi) is 3.89. The molecule has 0 aliphatic heterocycles. The molecule has 0 fully saturated rings. The van der Waals surface area contributed by atoms with Crippen LogP contribution in [0, 0.1) is 11.6 Å². The first-order valence-corrected chi connectivity index (χ1v) is 5.35. The zero-order chi connectivity index (χ0) is 15.6. The molecule has 0 saturated carbocycles. The van der Waals surface area contributed by atoms with E-state index in [1.807, 2.05) is 5.43 Å². The molecular formula is C11H7F5N4O. The highest BCUT2D eigenvalue weighted by Gasteiger charge is 2.34. The SMILES string of the molecule is NNc1nc(Oc2ccc(F)cc2F)cc(C(F)(F)F)n1. The van der Waals surface area contributed by atoms with Gasteiger partial charge in [-0.25, -0.2) is 19.6 Å². The molecule has 21 heavy (non-hydrogen) atoms. The highest BCUT2D eigenvalue weighted by atomic mass is 19.4. The fourth-order valence-electron chi connectivity index (χ4n) is 1.36. The van der Waals surface area contributed by atoms with E-state index in [1.54, 1.807) is 0 Å². The third kappa shape index (κ3) is 3.54. The molecule has 0 atom stereocenters. The van der Waals surface area contributed by atoms with Crippen molar-refractivity contribution in [3.8, 4) is 11.6 Å². The van der Waals surface area contributed by atoms with Crippen LogP contribution in [-0.2, 0) is 6.18 Å². The van der Waals surface area contributed by atoms with Crippen molar-refractivity contribution in [2.24, 2.45) is 5.84 Å². The average molecular weight is 306 g/mol. The Morgan fingerprint density at radius 3 is 2.38 bits per heavy atom. The molecule has 112 valence electrons. The van der Waals surface area contributed by atoms with Crippen molar-refractivity contribution in [2.75, 3.05) is 5.43 Å². The minimum atomic E-state index is -4.77. The lowest BCUT2D eigenvalue weighted by Gasteiger charge is -2.11. The molecule has 0 amide bonds. The van der Waals surface area contributed by atoms with E-state index in [-0.39, 0.29) is 0 Å². The van der Waals surface area contributed by atoms with E-state index in [1.165, 1.54) is 0 Å². The van der Waals surface area contributed by atoms with Gasteiger partial charge in [0.15, 0.2) is 17.3 Å². The molecule has 0 unspecified atom stereocenters. The van der Waals surface area contributed by atoms with Gasteiger partial charge in [-0.05, 0) is 12.1 Å². The highest BCUT2D eigenvalue weighted by molar-refractivity contribution is 5.34. The van der Waals surface area contributed by atoms with Crippen LogP contribution in [0.5, 0.6) is 11.6 Å². The number of nitrogen functional groups attached to an aromatic ring is 1. The van der Waals surface area contributed by atoms with Gasteiger partial charge in [0.25, 0.3) is 0 Å². The molecule has 2 aromatic rings. The second kappa shape index (κ2) is 5.48. The van der Waals surface area contributed by atoms with Crippen LogP contribution in [0.15, 0.2) is 24.3 Å². The van der Waals surface area contributed by atoms with Crippen molar-refractivity contribution < 1.29 is 26.7 Å². The van der Waals surface area contributed by atoms with Crippen LogP contribution in [0.25, 0.3) is 0 Å². The van der Waals surface area contributed by atoms with Crippen molar-refractivity contribution in [2.45, 2.75) is 6.18 Å². The van der Waals surface area contributed by atoms with Gasteiger partial charge in [0.1, 0.15) is 5.82 Å². The molecule has 3 N–H and O–H groups in total. The Labute approximate surface area is 114 Å². The number of hydrogen-bond acceptors (Lipinski definition) is 5. The average Bonchev–Trinajstić information content (AvgIpc) is 2.40. The molecule has 1 heterocycles. The largest absolute Gasteiger partial charge is 0.436 e. The van der Waals surface area contributed by atoms with Crippen molar-refractivity contribution in [1.29, 1.82) is 0 Å². The smallest absolute Gasteiger partial charge is 0.433 e. The lowest BCUT2D eigenvalue weighted by atomic mass is 10.3. The number of aromatic nitrogens is 2. The molecule has 0 bridgehead atoms. The van der Waals surface area contributed by atoms with Gasteiger partial charge in [-0.1, -0.05) is 0 Å². The fourth-order valence-corrected chi connectivity index (χ4v) is 1.36. The maximum atomic E-state index is 13.4. The van der Waals surface area contributed by atoms with E-state index in [0.717, 1.165) is 12.1 Å². The lowest BCUT2D eigenvalue weighted by Crippen LogP contribution is -2.15. The monoisotopic (exact) mass is 306 g/mol. The topological polar surface area (TPSA) is 73.1 Å². The normalized spacial score (nSPS) is 11.3. The summed E-state index contributed by atoms with van der Waals surface area (Å²) in [4.78, 5) is 6.59. The van der Waals surface area contributed by atoms with Gasteiger partial charge < -0.3 is 4.74 Å². The zero-order valence-corrected chi connectivity index (χ0v) is 10.1. The van der Waals surface area contributed by atoms with Crippen LogP contribution >= 0.6 is 0 Å². The first-order valence-electron chi connectivity index (χ1n) is 5.35. The summed E-state index contributed by atoms with van der Waals surface area (Å²) in [5, 5.41) is 0. The Hall–Kier alpha value is -2.49. The number of hydrazine groups is 1. The van der Waals surface area contributed by atoms with Crippen LogP contribution in [0.4, 0.5) is 27.9 Å². The standard InChI is InChI=1S/C11H7F5N4O/c12-5-1-2-7(6(13)3-5)21-9-4-8(11(14,15)16)18-10(19-9)20-17/h1-4H,17H2,(H,18,19,20). The predicted molar refractivity (Wildman–Crippen MR) is 61.3 cm³/mol. The van der Waals surface area contributed by atoms with Crippen molar-refractivity contribution >= 4 is 5.95 Å². The van der Waals surface area contributed by atoms with Gasteiger partial charge in [-0.3, -0.25) is 5.43 Å². The molecule has 1 aromatic carbocycles. The van der Waals surface area contributed by atoms with E-state index in [4.69, 9.17) is 10.6 Å². The Bertz CT molecular complexity index is 662. The second-order valence-electron chi connectivity index (χ2n) is 3.73. The van der Waals surface area contributed by atoms with E-state index >= 15 is 0 Å². The van der Waals surface area contributed by atoms with E-state index < -0.39 is 41.1 Å². The minimum Gasteiger partial charge on any atom is -0.436 e. The molecule has 0 spiro atoms. The molecular weight excluding hydrogens is 299 g/mol. The number of benzene rings is 1. The predicted octanol–water partition coefficient (Wildman–Crippen LogP) is 2.85. The molecule has 0 radical (unpaired) electrons. The van der Waals surface area contributed by atoms with Crippen LogP contribution in [-0.4, -0.2) is 9.97 Å². The van der Waals surface area contributed by atoms with Crippen LogP contribution in [0.3, 0.4) is 0 Å². The molecule has 10 heteroatoms.